The van der Waals surface area contributed by atoms with Crippen LogP contribution in [-0.4, -0.2) is 32.3 Å². The third-order valence-corrected chi connectivity index (χ3v) is 4.03. The Labute approximate surface area is 118 Å². The van der Waals surface area contributed by atoms with E-state index < -0.39 is 9.05 Å². The van der Waals surface area contributed by atoms with Gasteiger partial charge >= 0.3 is 0 Å². The van der Waals surface area contributed by atoms with E-state index >= 15 is 0 Å². The van der Waals surface area contributed by atoms with E-state index in [1.165, 1.54) is 24.3 Å². The minimum Gasteiger partial charge on any atom is -0.339 e. The van der Waals surface area contributed by atoms with Crippen LogP contribution in [0.4, 0.5) is 0 Å². The molecule has 1 aromatic rings. The van der Waals surface area contributed by atoms with Gasteiger partial charge in [0.05, 0.1) is 4.90 Å². The van der Waals surface area contributed by atoms with E-state index in [9.17, 15) is 13.2 Å². The second-order valence-electron chi connectivity index (χ2n) is 4.25. The normalized spacial score (nSPS) is 11.3. The van der Waals surface area contributed by atoms with Gasteiger partial charge in [-0.25, -0.2) is 8.42 Å². The summed E-state index contributed by atoms with van der Waals surface area (Å²) in [7, 11) is 1.49. The van der Waals surface area contributed by atoms with Gasteiger partial charge in [-0.15, -0.1) is 0 Å². The molecule has 0 saturated carbocycles. The highest BCUT2D eigenvalue weighted by Gasteiger charge is 2.16. The molecule has 6 heteroatoms. The first-order chi connectivity index (χ1) is 8.90. The van der Waals surface area contributed by atoms with Crippen LogP contribution in [-0.2, 0) is 9.05 Å². The Bertz CT molecular complexity index is 519. The van der Waals surface area contributed by atoms with Crippen LogP contribution < -0.4 is 0 Å². The number of nitrogens with zero attached hydrogens (tertiary/aromatic N) is 1. The summed E-state index contributed by atoms with van der Waals surface area (Å²) in [6.07, 6.45) is 1.78. The highest BCUT2D eigenvalue weighted by atomic mass is 35.7. The second kappa shape index (κ2) is 6.91. The summed E-state index contributed by atoms with van der Waals surface area (Å²) in [5.41, 5.74) is 0.478. The molecule has 0 heterocycles. The summed E-state index contributed by atoms with van der Waals surface area (Å²) in [6, 6.07) is 5.70. The van der Waals surface area contributed by atoms with Crippen molar-refractivity contribution >= 4 is 25.6 Å². The van der Waals surface area contributed by atoms with E-state index in [1.54, 1.807) is 4.90 Å². The molecule has 19 heavy (non-hydrogen) atoms. The Kier molecular flexibility index (Phi) is 5.82. The predicted octanol–water partition coefficient (Wildman–Crippen LogP) is 2.88. The average molecular weight is 304 g/mol. The first-order valence-electron chi connectivity index (χ1n) is 6.24. The van der Waals surface area contributed by atoms with E-state index in [1.807, 2.05) is 13.8 Å². The van der Waals surface area contributed by atoms with Gasteiger partial charge in [-0.1, -0.05) is 13.8 Å². The zero-order chi connectivity index (χ0) is 14.5. The Hall–Kier alpha value is -1.07. The molecule has 0 fully saturated rings. The SMILES string of the molecule is CCCN(CCC)C(=O)c1ccc(S(=O)(=O)Cl)cc1. The molecule has 106 valence electrons. The molecule has 0 aliphatic rings. The van der Waals surface area contributed by atoms with Gasteiger partial charge in [0.1, 0.15) is 0 Å². The molecule has 1 aromatic carbocycles. The van der Waals surface area contributed by atoms with Gasteiger partial charge in [-0.05, 0) is 37.1 Å². The molecular formula is C13H18ClNO3S. The van der Waals surface area contributed by atoms with Gasteiger partial charge in [0.25, 0.3) is 15.0 Å². The summed E-state index contributed by atoms with van der Waals surface area (Å²) in [4.78, 5) is 14.0. The number of benzene rings is 1. The fourth-order valence-corrected chi connectivity index (χ4v) is 2.57. The summed E-state index contributed by atoms with van der Waals surface area (Å²) in [5.74, 6) is -0.0813. The number of carbonyl (C=O) groups is 1. The number of halogens is 1. The Morgan fingerprint density at radius 2 is 1.58 bits per heavy atom. The molecule has 0 saturated heterocycles. The van der Waals surface area contributed by atoms with E-state index in [0.717, 1.165) is 12.8 Å². The van der Waals surface area contributed by atoms with Crippen molar-refractivity contribution < 1.29 is 13.2 Å². The van der Waals surface area contributed by atoms with Gasteiger partial charge in [0.15, 0.2) is 0 Å². The van der Waals surface area contributed by atoms with Crippen molar-refractivity contribution in [3.63, 3.8) is 0 Å². The minimum atomic E-state index is -3.74. The molecule has 0 spiro atoms. The Balaban J connectivity index is 2.93. The molecule has 4 nitrogen and oxygen atoms in total. The van der Waals surface area contributed by atoms with E-state index in [-0.39, 0.29) is 10.8 Å². The number of hydrogen-bond acceptors (Lipinski definition) is 3. The maximum absolute atomic E-state index is 12.2. The Morgan fingerprint density at radius 3 is 1.95 bits per heavy atom. The highest BCUT2D eigenvalue weighted by Crippen LogP contribution is 2.16. The third-order valence-electron chi connectivity index (χ3n) is 2.66. The van der Waals surface area contributed by atoms with Crippen molar-refractivity contribution in [2.45, 2.75) is 31.6 Å². The molecule has 0 unspecified atom stereocenters. The van der Waals surface area contributed by atoms with Gasteiger partial charge in [-0.3, -0.25) is 4.79 Å². The lowest BCUT2D eigenvalue weighted by Crippen LogP contribution is -2.32. The Morgan fingerprint density at radius 1 is 1.11 bits per heavy atom. The van der Waals surface area contributed by atoms with Crippen LogP contribution in [0.5, 0.6) is 0 Å². The maximum atomic E-state index is 12.2. The molecule has 1 amide bonds. The summed E-state index contributed by atoms with van der Waals surface area (Å²) >= 11 is 0. The average Bonchev–Trinajstić information content (AvgIpc) is 2.37. The molecule has 0 aliphatic heterocycles. The summed E-state index contributed by atoms with van der Waals surface area (Å²) in [6.45, 7) is 5.42. The number of carbonyl (C=O) groups excluding carboxylic acids is 1. The van der Waals surface area contributed by atoms with Crippen LogP contribution in [0, 0.1) is 0 Å². The maximum Gasteiger partial charge on any atom is 0.261 e. The van der Waals surface area contributed by atoms with E-state index in [2.05, 4.69) is 0 Å². The van der Waals surface area contributed by atoms with Gasteiger partial charge in [0, 0.05) is 29.3 Å². The van der Waals surface area contributed by atoms with Crippen molar-refractivity contribution in [1.82, 2.24) is 4.90 Å². The summed E-state index contributed by atoms with van der Waals surface area (Å²) < 4.78 is 22.2. The molecular weight excluding hydrogens is 286 g/mol. The van der Waals surface area contributed by atoms with E-state index in [4.69, 9.17) is 10.7 Å². The van der Waals surface area contributed by atoms with Crippen LogP contribution in [0.3, 0.4) is 0 Å². The molecule has 0 atom stereocenters. The van der Waals surface area contributed by atoms with Gasteiger partial charge in [0.2, 0.25) is 0 Å². The number of amides is 1. The molecule has 0 N–H and O–H groups in total. The minimum absolute atomic E-state index is 0.00301. The lowest BCUT2D eigenvalue weighted by atomic mass is 10.2. The van der Waals surface area contributed by atoms with Crippen LogP contribution >= 0.6 is 10.7 Å². The molecule has 0 aromatic heterocycles. The lowest BCUT2D eigenvalue weighted by molar-refractivity contribution is 0.0755. The second-order valence-corrected chi connectivity index (χ2v) is 6.82. The van der Waals surface area contributed by atoms with Crippen molar-refractivity contribution in [3.8, 4) is 0 Å². The van der Waals surface area contributed by atoms with Gasteiger partial charge in [-0.2, -0.15) is 0 Å². The van der Waals surface area contributed by atoms with E-state index in [0.29, 0.717) is 18.7 Å². The first-order valence-corrected chi connectivity index (χ1v) is 8.55. The quantitative estimate of drug-likeness (QED) is 0.759. The zero-order valence-electron chi connectivity index (χ0n) is 11.1. The van der Waals surface area contributed by atoms with Crippen molar-refractivity contribution in [3.05, 3.63) is 29.8 Å². The zero-order valence-corrected chi connectivity index (χ0v) is 12.7. The molecule has 1 rings (SSSR count). The third kappa shape index (κ3) is 4.51. The predicted molar refractivity (Wildman–Crippen MR) is 76.0 cm³/mol. The highest BCUT2D eigenvalue weighted by molar-refractivity contribution is 8.13. The fraction of sp³-hybridized carbons (Fsp3) is 0.462. The van der Waals surface area contributed by atoms with Crippen LogP contribution in [0.15, 0.2) is 29.2 Å². The largest absolute Gasteiger partial charge is 0.339 e. The fourth-order valence-electron chi connectivity index (χ4n) is 1.80. The number of hydrogen-bond donors (Lipinski definition) is 0. The number of rotatable bonds is 6. The topological polar surface area (TPSA) is 54.5 Å². The van der Waals surface area contributed by atoms with Crippen LogP contribution in [0.2, 0.25) is 0 Å². The van der Waals surface area contributed by atoms with Crippen molar-refractivity contribution in [1.29, 1.82) is 0 Å². The first kappa shape index (κ1) is 16.0. The molecule has 0 aliphatic carbocycles. The molecule has 0 bridgehead atoms. The summed E-state index contributed by atoms with van der Waals surface area (Å²) in [5, 5.41) is 0. The standard InChI is InChI=1S/C13H18ClNO3S/c1-3-9-15(10-4-2)13(16)11-5-7-12(8-6-11)19(14,17)18/h5-8H,3-4,9-10H2,1-2H3. The van der Waals surface area contributed by atoms with Crippen LogP contribution in [0.1, 0.15) is 37.0 Å². The monoisotopic (exact) mass is 303 g/mol. The van der Waals surface area contributed by atoms with Crippen LogP contribution in [0.25, 0.3) is 0 Å². The smallest absolute Gasteiger partial charge is 0.261 e. The van der Waals surface area contributed by atoms with Crippen molar-refractivity contribution in [2.24, 2.45) is 0 Å². The van der Waals surface area contributed by atoms with Crippen molar-refractivity contribution in [2.75, 3.05) is 13.1 Å². The van der Waals surface area contributed by atoms with Gasteiger partial charge < -0.3 is 4.90 Å². The molecule has 0 radical (unpaired) electrons. The lowest BCUT2D eigenvalue weighted by Gasteiger charge is -2.21.